The van der Waals surface area contributed by atoms with Crippen LogP contribution in [0.2, 0.25) is 0 Å². The molecule has 16 heavy (non-hydrogen) atoms. The Kier molecular flexibility index (Phi) is 3.44. The van der Waals surface area contributed by atoms with Gasteiger partial charge in [0.15, 0.2) is 0 Å². The van der Waals surface area contributed by atoms with E-state index in [-0.39, 0.29) is 5.91 Å². The fourth-order valence-corrected chi connectivity index (χ4v) is 2.11. The molecule has 1 aliphatic heterocycles. The van der Waals surface area contributed by atoms with E-state index in [2.05, 4.69) is 15.7 Å². The van der Waals surface area contributed by atoms with Gasteiger partial charge in [-0.2, -0.15) is 5.26 Å². The Hall–Kier alpha value is -1.52. The minimum Gasteiger partial charge on any atom is -0.335 e. The van der Waals surface area contributed by atoms with Crippen LogP contribution in [0, 0.1) is 11.3 Å². The average Bonchev–Trinajstić information content (AvgIpc) is 2.83. The van der Waals surface area contributed by atoms with Crippen molar-refractivity contribution < 1.29 is 4.79 Å². The summed E-state index contributed by atoms with van der Waals surface area (Å²) in [5.41, 5.74) is 0. The Bertz CT molecular complexity index is 391. The first-order valence-corrected chi connectivity index (χ1v) is 5.74. The minimum absolute atomic E-state index is 0.00777. The van der Waals surface area contributed by atoms with Crippen molar-refractivity contribution in [2.75, 3.05) is 32.7 Å². The molecule has 0 atom stereocenters. The van der Waals surface area contributed by atoms with E-state index in [1.807, 2.05) is 4.90 Å². The number of rotatable bonds is 2. The number of amides is 1. The third kappa shape index (κ3) is 2.35. The van der Waals surface area contributed by atoms with Crippen LogP contribution in [0.3, 0.4) is 0 Å². The molecule has 2 rings (SSSR count). The molecule has 2 heterocycles. The number of hydrogen-bond donors (Lipinski definition) is 0. The molecule has 0 saturated carbocycles. The summed E-state index contributed by atoms with van der Waals surface area (Å²) in [4.78, 5) is 16.3. The van der Waals surface area contributed by atoms with Gasteiger partial charge in [-0.3, -0.25) is 9.69 Å². The number of piperazine rings is 1. The third-order valence-corrected chi connectivity index (χ3v) is 3.18. The highest BCUT2D eigenvalue weighted by atomic mass is 32.1. The monoisotopic (exact) mass is 237 g/mol. The fraction of sp³-hybridized carbons (Fsp3) is 0.556. The van der Waals surface area contributed by atoms with Gasteiger partial charge < -0.3 is 4.90 Å². The standard InChI is InChI=1S/C9H11N5OS/c10-1-2-13-3-5-14(6-4-13)9(15)8-7-11-12-16-8/h7H,2-6H2. The lowest BCUT2D eigenvalue weighted by molar-refractivity contribution is 0.0656. The topological polar surface area (TPSA) is 73.1 Å². The number of carbonyl (C=O) groups is 1. The van der Waals surface area contributed by atoms with Gasteiger partial charge in [-0.25, -0.2) is 0 Å². The summed E-state index contributed by atoms with van der Waals surface area (Å²) < 4.78 is 3.67. The summed E-state index contributed by atoms with van der Waals surface area (Å²) in [5.74, 6) is -0.00777. The number of aromatic nitrogens is 2. The molecule has 1 fully saturated rings. The lowest BCUT2D eigenvalue weighted by Crippen LogP contribution is -2.48. The highest BCUT2D eigenvalue weighted by Gasteiger charge is 2.22. The molecule has 1 amide bonds. The Morgan fingerprint density at radius 1 is 1.50 bits per heavy atom. The van der Waals surface area contributed by atoms with Crippen molar-refractivity contribution in [2.45, 2.75) is 0 Å². The van der Waals surface area contributed by atoms with E-state index in [9.17, 15) is 4.79 Å². The number of carbonyl (C=O) groups excluding carboxylic acids is 1. The molecule has 0 aromatic carbocycles. The van der Waals surface area contributed by atoms with Crippen molar-refractivity contribution in [3.63, 3.8) is 0 Å². The number of nitriles is 1. The van der Waals surface area contributed by atoms with Crippen LogP contribution < -0.4 is 0 Å². The van der Waals surface area contributed by atoms with Gasteiger partial charge in [0.2, 0.25) is 0 Å². The molecule has 1 aliphatic rings. The molecule has 0 radical (unpaired) electrons. The Morgan fingerprint density at radius 3 is 2.81 bits per heavy atom. The van der Waals surface area contributed by atoms with E-state index in [4.69, 9.17) is 5.26 Å². The SMILES string of the molecule is N#CCN1CCN(C(=O)c2cnns2)CC1. The second kappa shape index (κ2) is 5.01. The van der Waals surface area contributed by atoms with Crippen LogP contribution in [0.25, 0.3) is 0 Å². The molecule has 1 aromatic rings. The number of hydrogen-bond acceptors (Lipinski definition) is 6. The van der Waals surface area contributed by atoms with Gasteiger partial charge in [0, 0.05) is 26.2 Å². The molecule has 6 nitrogen and oxygen atoms in total. The van der Waals surface area contributed by atoms with Gasteiger partial charge in [0.05, 0.1) is 18.8 Å². The molecule has 0 aliphatic carbocycles. The smallest absolute Gasteiger partial charge is 0.267 e. The third-order valence-electron chi connectivity index (χ3n) is 2.53. The van der Waals surface area contributed by atoms with Gasteiger partial charge in [-0.1, -0.05) is 4.49 Å². The van der Waals surface area contributed by atoms with Crippen molar-refractivity contribution in [2.24, 2.45) is 0 Å². The van der Waals surface area contributed by atoms with E-state index in [1.54, 1.807) is 4.90 Å². The second-order valence-electron chi connectivity index (χ2n) is 3.51. The molecule has 0 N–H and O–H groups in total. The molecule has 0 bridgehead atoms. The second-order valence-corrected chi connectivity index (χ2v) is 4.29. The Labute approximate surface area is 97.2 Å². The van der Waals surface area contributed by atoms with Crippen LogP contribution in [0.4, 0.5) is 0 Å². The van der Waals surface area contributed by atoms with E-state index >= 15 is 0 Å². The largest absolute Gasteiger partial charge is 0.335 e. The van der Waals surface area contributed by atoms with Crippen molar-refractivity contribution >= 4 is 17.4 Å². The first-order chi connectivity index (χ1) is 7.81. The normalized spacial score (nSPS) is 17.1. The minimum atomic E-state index is -0.00777. The summed E-state index contributed by atoms with van der Waals surface area (Å²) in [6.07, 6.45) is 1.49. The zero-order valence-electron chi connectivity index (χ0n) is 8.67. The summed E-state index contributed by atoms with van der Waals surface area (Å²) in [5, 5.41) is 12.2. The van der Waals surface area contributed by atoms with Gasteiger partial charge in [-0.05, 0) is 11.5 Å². The maximum atomic E-state index is 11.9. The van der Waals surface area contributed by atoms with Crippen LogP contribution >= 0.6 is 11.5 Å². The highest BCUT2D eigenvalue weighted by Crippen LogP contribution is 2.10. The molecule has 84 valence electrons. The summed E-state index contributed by atoms with van der Waals surface area (Å²) in [7, 11) is 0. The average molecular weight is 237 g/mol. The van der Waals surface area contributed by atoms with Crippen LogP contribution in [0.5, 0.6) is 0 Å². The number of nitrogens with zero attached hydrogens (tertiary/aromatic N) is 5. The predicted molar refractivity (Wildman–Crippen MR) is 57.9 cm³/mol. The zero-order chi connectivity index (χ0) is 11.4. The Balaban J connectivity index is 1.90. The highest BCUT2D eigenvalue weighted by molar-refractivity contribution is 7.07. The van der Waals surface area contributed by atoms with Gasteiger partial charge in [0.1, 0.15) is 4.88 Å². The maximum absolute atomic E-state index is 11.9. The van der Waals surface area contributed by atoms with Crippen molar-refractivity contribution in [3.05, 3.63) is 11.1 Å². The first-order valence-electron chi connectivity index (χ1n) is 4.97. The van der Waals surface area contributed by atoms with Crippen molar-refractivity contribution in [3.8, 4) is 6.07 Å². The summed E-state index contributed by atoms with van der Waals surface area (Å²) >= 11 is 1.12. The van der Waals surface area contributed by atoms with Crippen LogP contribution in [-0.4, -0.2) is 58.0 Å². The van der Waals surface area contributed by atoms with Crippen molar-refractivity contribution in [1.82, 2.24) is 19.4 Å². The van der Waals surface area contributed by atoms with Crippen LogP contribution in [0.1, 0.15) is 9.67 Å². The molecule has 0 unspecified atom stereocenters. The fourth-order valence-electron chi connectivity index (χ4n) is 1.63. The van der Waals surface area contributed by atoms with Crippen molar-refractivity contribution in [1.29, 1.82) is 5.26 Å². The van der Waals surface area contributed by atoms with E-state index in [1.165, 1.54) is 6.20 Å². The van der Waals surface area contributed by atoms with Crippen LogP contribution in [-0.2, 0) is 0 Å². The van der Waals surface area contributed by atoms with Gasteiger partial charge in [0.25, 0.3) is 5.91 Å². The van der Waals surface area contributed by atoms with E-state index < -0.39 is 0 Å². The predicted octanol–water partition coefficient (Wildman–Crippen LogP) is -0.181. The molecular weight excluding hydrogens is 226 g/mol. The molecule has 1 saturated heterocycles. The summed E-state index contributed by atoms with van der Waals surface area (Å²) in [6.45, 7) is 3.28. The molecule has 1 aromatic heterocycles. The zero-order valence-corrected chi connectivity index (χ0v) is 9.48. The molecule has 7 heteroatoms. The maximum Gasteiger partial charge on any atom is 0.267 e. The summed E-state index contributed by atoms with van der Waals surface area (Å²) in [6, 6.07) is 2.11. The Morgan fingerprint density at radius 2 is 2.25 bits per heavy atom. The first kappa shape index (κ1) is 11.0. The molecular formula is C9H11N5OS. The molecule has 0 spiro atoms. The van der Waals surface area contributed by atoms with Gasteiger partial charge in [-0.15, -0.1) is 5.10 Å². The quantitative estimate of drug-likeness (QED) is 0.667. The lowest BCUT2D eigenvalue weighted by atomic mass is 10.3. The van der Waals surface area contributed by atoms with Gasteiger partial charge >= 0.3 is 0 Å². The van der Waals surface area contributed by atoms with E-state index in [0.717, 1.165) is 24.6 Å². The van der Waals surface area contributed by atoms with E-state index in [0.29, 0.717) is 24.5 Å². The van der Waals surface area contributed by atoms with Crippen LogP contribution in [0.15, 0.2) is 6.20 Å². The lowest BCUT2D eigenvalue weighted by Gasteiger charge is -2.32.